The van der Waals surface area contributed by atoms with Gasteiger partial charge in [-0.15, -0.1) is 0 Å². The summed E-state index contributed by atoms with van der Waals surface area (Å²) in [5.74, 6) is -19.9. The van der Waals surface area contributed by atoms with Crippen LogP contribution in [0.25, 0.3) is 0 Å². The number of rotatable bonds is 5. The molecular formula is C8H5F9O3. The van der Waals surface area contributed by atoms with Gasteiger partial charge in [0.25, 0.3) is 0 Å². The SMILES string of the molecule is C=COC(=O)OCC(F)(F)C(F)(F)C(F)(F)C(F)(F)F. The number of carbonyl (C=O) groups excluding carboxylic acids is 1. The van der Waals surface area contributed by atoms with Crippen molar-refractivity contribution in [3.63, 3.8) is 0 Å². The highest BCUT2D eigenvalue weighted by atomic mass is 19.4. The molecule has 20 heavy (non-hydrogen) atoms. The van der Waals surface area contributed by atoms with E-state index in [-0.39, 0.29) is 0 Å². The molecule has 0 aliphatic carbocycles. The Labute approximate surface area is 104 Å². The highest BCUT2D eigenvalue weighted by Gasteiger charge is 2.82. The molecule has 0 fully saturated rings. The molecule has 0 atom stereocenters. The average molecular weight is 320 g/mol. The lowest BCUT2D eigenvalue weighted by molar-refractivity contribution is -0.398. The standard InChI is InChI=1S/C8H5F9O3/c1-2-19-4(18)20-3-5(9,10)6(11,12)7(13,14)8(15,16)17/h2H,1,3H2. The predicted molar refractivity (Wildman–Crippen MR) is 43.5 cm³/mol. The number of carbonyl (C=O) groups is 1. The maximum absolute atomic E-state index is 12.7. The van der Waals surface area contributed by atoms with Crippen molar-refractivity contribution >= 4 is 6.16 Å². The minimum absolute atomic E-state index is 0.322. The molecule has 0 aliphatic rings. The van der Waals surface area contributed by atoms with Crippen LogP contribution in [-0.4, -0.2) is 36.7 Å². The van der Waals surface area contributed by atoms with Gasteiger partial charge in [-0.1, -0.05) is 6.58 Å². The molecule has 3 nitrogen and oxygen atoms in total. The third-order valence-electron chi connectivity index (χ3n) is 1.76. The Morgan fingerprint density at radius 1 is 0.950 bits per heavy atom. The molecule has 0 saturated carbocycles. The minimum Gasteiger partial charge on any atom is -0.427 e. The predicted octanol–water partition coefficient (Wildman–Crippen LogP) is 3.75. The largest absolute Gasteiger partial charge is 0.513 e. The summed E-state index contributed by atoms with van der Waals surface area (Å²) in [6, 6.07) is 0. The molecule has 0 heterocycles. The Bertz CT molecular complexity index is 374. The molecule has 0 aromatic carbocycles. The van der Waals surface area contributed by atoms with Crippen LogP contribution >= 0.6 is 0 Å². The van der Waals surface area contributed by atoms with E-state index in [2.05, 4.69) is 16.1 Å². The van der Waals surface area contributed by atoms with Gasteiger partial charge in [0, 0.05) is 0 Å². The van der Waals surface area contributed by atoms with Crippen molar-refractivity contribution < 1.29 is 53.8 Å². The molecule has 12 heteroatoms. The zero-order valence-electron chi connectivity index (χ0n) is 9.12. The Balaban J connectivity index is 5.16. The summed E-state index contributed by atoms with van der Waals surface area (Å²) < 4.78 is 117. The summed E-state index contributed by atoms with van der Waals surface area (Å²) in [6.45, 7) is -0.0137. The first-order valence-electron chi connectivity index (χ1n) is 4.35. The van der Waals surface area contributed by atoms with Crippen molar-refractivity contribution in [2.45, 2.75) is 23.9 Å². The molecule has 0 bridgehead atoms. The summed E-state index contributed by atoms with van der Waals surface area (Å²) >= 11 is 0. The third kappa shape index (κ3) is 3.28. The fourth-order valence-corrected chi connectivity index (χ4v) is 0.750. The van der Waals surface area contributed by atoms with Crippen molar-refractivity contribution in [1.29, 1.82) is 0 Å². The number of alkyl halides is 9. The van der Waals surface area contributed by atoms with Gasteiger partial charge in [-0.25, -0.2) is 4.79 Å². The lowest BCUT2D eigenvalue weighted by atomic mass is 10.0. The highest BCUT2D eigenvalue weighted by Crippen LogP contribution is 2.53. The van der Waals surface area contributed by atoms with E-state index >= 15 is 0 Å². The van der Waals surface area contributed by atoms with Gasteiger partial charge < -0.3 is 9.47 Å². The maximum atomic E-state index is 12.7. The molecule has 0 unspecified atom stereocenters. The van der Waals surface area contributed by atoms with Crippen LogP contribution < -0.4 is 0 Å². The molecule has 0 radical (unpaired) electrons. The summed E-state index contributed by atoms with van der Waals surface area (Å²) in [6.07, 6.45) is -8.64. The van der Waals surface area contributed by atoms with E-state index < -0.39 is 36.7 Å². The monoisotopic (exact) mass is 320 g/mol. The lowest BCUT2D eigenvalue weighted by Crippen LogP contribution is -2.62. The van der Waals surface area contributed by atoms with Gasteiger partial charge in [0.2, 0.25) is 0 Å². The number of hydrogen-bond donors (Lipinski definition) is 0. The van der Waals surface area contributed by atoms with Crippen LogP contribution in [0.4, 0.5) is 44.3 Å². The van der Waals surface area contributed by atoms with Crippen LogP contribution in [0.3, 0.4) is 0 Å². The molecule has 0 aromatic rings. The van der Waals surface area contributed by atoms with E-state index in [4.69, 9.17) is 0 Å². The summed E-state index contributed by atoms with van der Waals surface area (Å²) in [7, 11) is 0. The van der Waals surface area contributed by atoms with Crippen molar-refractivity contribution in [1.82, 2.24) is 0 Å². The van der Waals surface area contributed by atoms with Crippen molar-refractivity contribution in [3.05, 3.63) is 12.8 Å². The van der Waals surface area contributed by atoms with Gasteiger partial charge in [-0.2, -0.15) is 39.5 Å². The molecule has 0 rings (SSSR count). The van der Waals surface area contributed by atoms with Crippen LogP contribution in [0, 0.1) is 0 Å². The first kappa shape index (κ1) is 18.4. The van der Waals surface area contributed by atoms with Gasteiger partial charge in [-0.3, -0.25) is 0 Å². The van der Waals surface area contributed by atoms with Gasteiger partial charge >= 0.3 is 30.1 Å². The van der Waals surface area contributed by atoms with E-state index in [0.717, 1.165) is 0 Å². The average Bonchev–Trinajstić information content (AvgIpc) is 2.25. The molecule has 0 aliphatic heterocycles. The summed E-state index contributed by atoms with van der Waals surface area (Å²) in [5, 5.41) is 0. The molecule has 0 N–H and O–H groups in total. The Hall–Kier alpha value is -1.62. The molecular weight excluding hydrogens is 315 g/mol. The minimum atomic E-state index is -7.03. The topological polar surface area (TPSA) is 35.5 Å². The number of hydrogen-bond acceptors (Lipinski definition) is 3. The second kappa shape index (κ2) is 5.40. The first-order valence-corrected chi connectivity index (χ1v) is 4.35. The van der Waals surface area contributed by atoms with E-state index in [0.29, 0.717) is 6.26 Å². The van der Waals surface area contributed by atoms with Crippen molar-refractivity contribution in [2.24, 2.45) is 0 Å². The lowest BCUT2D eigenvalue weighted by Gasteiger charge is -2.33. The zero-order valence-corrected chi connectivity index (χ0v) is 9.12. The number of halogens is 9. The van der Waals surface area contributed by atoms with E-state index in [1.54, 1.807) is 0 Å². The van der Waals surface area contributed by atoms with Gasteiger partial charge in [0.05, 0.1) is 6.26 Å². The number of ether oxygens (including phenoxy) is 2. The second-order valence-corrected chi connectivity index (χ2v) is 3.17. The fraction of sp³-hybridized carbons (Fsp3) is 0.625. The Morgan fingerprint density at radius 3 is 1.75 bits per heavy atom. The maximum Gasteiger partial charge on any atom is 0.513 e. The highest BCUT2D eigenvalue weighted by molar-refractivity contribution is 5.60. The van der Waals surface area contributed by atoms with Crippen LogP contribution in [0.2, 0.25) is 0 Å². The molecule has 0 spiro atoms. The van der Waals surface area contributed by atoms with E-state index in [1.807, 2.05) is 0 Å². The molecule has 0 aromatic heterocycles. The molecule has 0 saturated heterocycles. The first-order chi connectivity index (χ1) is 8.70. The van der Waals surface area contributed by atoms with Crippen molar-refractivity contribution in [3.8, 4) is 0 Å². The van der Waals surface area contributed by atoms with Gasteiger partial charge in [-0.05, 0) is 0 Å². The summed E-state index contributed by atoms with van der Waals surface area (Å²) in [5.41, 5.74) is 0. The molecule has 118 valence electrons. The molecule has 0 amide bonds. The quantitative estimate of drug-likeness (QED) is 0.440. The third-order valence-corrected chi connectivity index (χ3v) is 1.76. The zero-order chi connectivity index (χ0) is 16.4. The van der Waals surface area contributed by atoms with Crippen LogP contribution in [0.5, 0.6) is 0 Å². The van der Waals surface area contributed by atoms with Crippen LogP contribution in [0.15, 0.2) is 12.8 Å². The van der Waals surface area contributed by atoms with Gasteiger partial charge in [0.1, 0.15) is 0 Å². The summed E-state index contributed by atoms with van der Waals surface area (Å²) in [4.78, 5) is 10.4. The van der Waals surface area contributed by atoms with Crippen molar-refractivity contribution in [2.75, 3.05) is 6.61 Å². The van der Waals surface area contributed by atoms with Crippen LogP contribution in [0.1, 0.15) is 0 Å². The van der Waals surface area contributed by atoms with E-state index in [9.17, 15) is 44.3 Å². The van der Waals surface area contributed by atoms with Gasteiger partial charge in [0.15, 0.2) is 6.61 Å². The second-order valence-electron chi connectivity index (χ2n) is 3.17. The Kier molecular flexibility index (Phi) is 4.96. The van der Waals surface area contributed by atoms with Crippen LogP contribution in [-0.2, 0) is 9.47 Å². The fourth-order valence-electron chi connectivity index (χ4n) is 0.750. The van der Waals surface area contributed by atoms with E-state index in [1.165, 1.54) is 0 Å². The normalized spacial score (nSPS) is 13.8. The Morgan fingerprint density at radius 2 is 1.40 bits per heavy atom. The smallest absolute Gasteiger partial charge is 0.427 e.